The molecule has 0 unspecified atom stereocenters. The fraction of sp³-hybridized carbons (Fsp3) is 0.273. The third kappa shape index (κ3) is 5.07. The predicted octanol–water partition coefficient (Wildman–Crippen LogP) is 4.31. The average Bonchev–Trinajstić information content (AvgIpc) is 2.74. The largest absolute Gasteiger partial charge is 0.497 e. The van der Waals surface area contributed by atoms with Gasteiger partial charge in [0.1, 0.15) is 29.1 Å². The van der Waals surface area contributed by atoms with Gasteiger partial charge in [0.05, 0.1) is 18.6 Å². The highest BCUT2D eigenvalue weighted by Gasteiger charge is 2.12. The quantitative estimate of drug-likeness (QED) is 0.523. The van der Waals surface area contributed by atoms with Crippen LogP contribution < -0.4 is 19.6 Å². The van der Waals surface area contributed by atoms with Crippen molar-refractivity contribution in [3.63, 3.8) is 0 Å². The second-order valence-corrected chi connectivity index (χ2v) is 6.36. The molecule has 0 aliphatic carbocycles. The number of hydrogen-bond donors (Lipinski definition) is 0. The van der Waals surface area contributed by atoms with Crippen LogP contribution >= 0.6 is 0 Å². The molecule has 0 spiro atoms. The molecule has 0 aliphatic rings. The fourth-order valence-electron chi connectivity index (χ4n) is 2.51. The molecule has 3 rings (SSSR count). The molecule has 0 fully saturated rings. The highest BCUT2D eigenvalue weighted by atomic mass is 16.6. The van der Waals surface area contributed by atoms with Crippen LogP contribution in [0.15, 0.2) is 57.9 Å². The van der Waals surface area contributed by atoms with E-state index in [2.05, 4.69) is 0 Å². The first kappa shape index (κ1) is 20.3. The van der Waals surface area contributed by atoms with Gasteiger partial charge in [0, 0.05) is 6.07 Å². The molecule has 2 aromatic carbocycles. The van der Waals surface area contributed by atoms with E-state index in [1.54, 1.807) is 49.6 Å². The first-order valence-electron chi connectivity index (χ1n) is 9.20. The lowest BCUT2D eigenvalue weighted by atomic mass is 10.2. The van der Waals surface area contributed by atoms with Crippen molar-refractivity contribution in [3.8, 4) is 23.0 Å². The number of hydrogen-bond acceptors (Lipinski definition) is 7. The summed E-state index contributed by atoms with van der Waals surface area (Å²) in [5.41, 5.74) is 0.00896. The van der Waals surface area contributed by atoms with Gasteiger partial charge in [-0.3, -0.25) is 4.79 Å². The second kappa shape index (κ2) is 9.14. The van der Waals surface area contributed by atoms with Crippen LogP contribution in [0.2, 0.25) is 0 Å². The number of ether oxygens (including phenoxy) is 4. The van der Waals surface area contributed by atoms with Crippen LogP contribution in [0.5, 0.6) is 23.0 Å². The van der Waals surface area contributed by atoms with E-state index in [4.69, 9.17) is 23.4 Å². The van der Waals surface area contributed by atoms with Gasteiger partial charge in [0.15, 0.2) is 6.61 Å². The zero-order valence-electron chi connectivity index (χ0n) is 16.5. The molecule has 29 heavy (non-hydrogen) atoms. The van der Waals surface area contributed by atoms with E-state index in [9.17, 15) is 9.59 Å². The molecule has 7 heteroatoms. The summed E-state index contributed by atoms with van der Waals surface area (Å²) < 4.78 is 26.8. The Labute approximate surface area is 167 Å². The van der Waals surface area contributed by atoms with Gasteiger partial charge in [-0.15, -0.1) is 0 Å². The van der Waals surface area contributed by atoms with Gasteiger partial charge in [0.2, 0.25) is 11.2 Å². The Morgan fingerprint density at radius 1 is 1.07 bits per heavy atom. The van der Waals surface area contributed by atoms with Crippen LogP contribution in [0.25, 0.3) is 11.0 Å². The third-order valence-electron chi connectivity index (χ3n) is 4.27. The van der Waals surface area contributed by atoms with Crippen LogP contribution in [0.3, 0.4) is 0 Å². The Balaban J connectivity index is 1.73. The topological polar surface area (TPSA) is 84.2 Å². The maximum Gasteiger partial charge on any atom is 0.344 e. The van der Waals surface area contributed by atoms with Crippen LogP contribution in [0.4, 0.5) is 0 Å². The van der Waals surface area contributed by atoms with Gasteiger partial charge in [-0.1, -0.05) is 6.92 Å². The van der Waals surface area contributed by atoms with E-state index in [1.165, 1.54) is 6.26 Å². The molecule has 0 bridgehead atoms. The van der Waals surface area contributed by atoms with Gasteiger partial charge >= 0.3 is 5.97 Å². The van der Waals surface area contributed by atoms with E-state index in [0.717, 1.165) is 6.42 Å². The highest BCUT2D eigenvalue weighted by molar-refractivity contribution is 5.79. The summed E-state index contributed by atoms with van der Waals surface area (Å²) in [6, 6.07) is 11.5. The first-order valence-corrected chi connectivity index (χ1v) is 9.20. The maximum atomic E-state index is 12.7. The van der Waals surface area contributed by atoms with Gasteiger partial charge in [0.25, 0.3) is 0 Å². The van der Waals surface area contributed by atoms with Gasteiger partial charge in [-0.2, -0.15) is 0 Å². The lowest BCUT2D eigenvalue weighted by Crippen LogP contribution is -2.20. The van der Waals surface area contributed by atoms with Gasteiger partial charge < -0.3 is 23.4 Å². The molecule has 0 saturated heterocycles. The lowest BCUT2D eigenvalue weighted by molar-refractivity contribution is -0.150. The van der Waals surface area contributed by atoms with Crippen LogP contribution in [-0.2, 0) is 9.53 Å². The summed E-state index contributed by atoms with van der Waals surface area (Å²) in [6.45, 7) is 3.52. The first-order chi connectivity index (χ1) is 14.0. The summed E-state index contributed by atoms with van der Waals surface area (Å²) >= 11 is 0. The normalized spacial score (nSPS) is 11.7. The van der Waals surface area contributed by atoms with Crippen molar-refractivity contribution in [2.24, 2.45) is 0 Å². The summed E-state index contributed by atoms with van der Waals surface area (Å²) in [5, 5.41) is 0.338. The number of esters is 1. The zero-order valence-corrected chi connectivity index (χ0v) is 16.5. The Morgan fingerprint density at radius 2 is 1.76 bits per heavy atom. The van der Waals surface area contributed by atoms with E-state index < -0.39 is 5.97 Å². The van der Waals surface area contributed by atoms with Crippen molar-refractivity contribution in [1.82, 2.24) is 0 Å². The number of rotatable bonds is 8. The molecule has 0 amide bonds. The number of fused-ring (bicyclic) bond motifs is 1. The molecule has 3 aromatic rings. The van der Waals surface area contributed by atoms with Crippen molar-refractivity contribution in [2.75, 3.05) is 13.7 Å². The van der Waals surface area contributed by atoms with Crippen molar-refractivity contribution >= 4 is 16.9 Å². The summed E-state index contributed by atoms with van der Waals surface area (Å²) in [4.78, 5) is 24.4. The van der Waals surface area contributed by atoms with Gasteiger partial charge in [-0.05, 0) is 49.7 Å². The van der Waals surface area contributed by atoms with Gasteiger partial charge in [-0.25, -0.2) is 4.79 Å². The van der Waals surface area contributed by atoms with Crippen molar-refractivity contribution < 1.29 is 28.2 Å². The van der Waals surface area contributed by atoms with Crippen molar-refractivity contribution in [1.29, 1.82) is 0 Å². The molecule has 1 heterocycles. The molecule has 0 N–H and O–H groups in total. The average molecular weight is 398 g/mol. The van der Waals surface area contributed by atoms with Crippen molar-refractivity contribution in [3.05, 3.63) is 59.0 Å². The smallest absolute Gasteiger partial charge is 0.344 e. The molecule has 0 aliphatic heterocycles. The van der Waals surface area contributed by atoms with E-state index in [0.29, 0.717) is 28.2 Å². The number of carbonyl (C=O) groups excluding carboxylic acids is 1. The minimum atomic E-state index is -0.455. The van der Waals surface area contributed by atoms with E-state index >= 15 is 0 Å². The summed E-state index contributed by atoms with van der Waals surface area (Å²) in [5.74, 6) is 1.17. The molecule has 0 radical (unpaired) electrons. The molecular weight excluding hydrogens is 376 g/mol. The number of carbonyl (C=O) groups is 1. The van der Waals surface area contributed by atoms with Crippen molar-refractivity contribution in [2.45, 2.75) is 26.4 Å². The maximum absolute atomic E-state index is 12.7. The number of methoxy groups -OCH3 is 1. The van der Waals surface area contributed by atoms with E-state index in [1.807, 2.05) is 13.8 Å². The summed E-state index contributed by atoms with van der Waals surface area (Å²) in [6.07, 6.45) is 1.81. The van der Waals surface area contributed by atoms with Crippen LogP contribution in [0.1, 0.15) is 20.3 Å². The highest BCUT2D eigenvalue weighted by Crippen LogP contribution is 2.25. The standard InChI is InChI=1S/C22H22O7/c1-4-14(2)28-21(23)13-26-17-9-10-18-19(11-17)27-12-20(22(18)24)29-16-7-5-15(25-3)6-8-16/h5-12,14H,4,13H2,1-3H3/t14-/m0/s1. The fourth-order valence-corrected chi connectivity index (χ4v) is 2.51. The number of benzene rings is 2. The Bertz CT molecular complexity index is 1040. The molecule has 7 nitrogen and oxygen atoms in total. The molecule has 1 aromatic heterocycles. The molecule has 0 saturated carbocycles. The minimum absolute atomic E-state index is 0.0634. The van der Waals surface area contributed by atoms with Crippen LogP contribution in [-0.4, -0.2) is 25.8 Å². The Morgan fingerprint density at radius 3 is 2.45 bits per heavy atom. The molecule has 152 valence electrons. The summed E-state index contributed by atoms with van der Waals surface area (Å²) in [7, 11) is 1.57. The Hall–Kier alpha value is -3.48. The lowest BCUT2D eigenvalue weighted by Gasteiger charge is -2.11. The monoisotopic (exact) mass is 398 g/mol. The Kier molecular flexibility index (Phi) is 6.39. The minimum Gasteiger partial charge on any atom is -0.497 e. The second-order valence-electron chi connectivity index (χ2n) is 6.36. The third-order valence-corrected chi connectivity index (χ3v) is 4.27. The molecular formula is C22H22O7. The molecule has 1 atom stereocenters. The predicted molar refractivity (Wildman–Crippen MR) is 107 cm³/mol. The SMILES string of the molecule is CC[C@H](C)OC(=O)COc1ccc2c(=O)c(Oc3ccc(OC)cc3)coc2c1. The zero-order chi connectivity index (χ0) is 20.8. The van der Waals surface area contributed by atoms with Crippen LogP contribution in [0, 0.1) is 0 Å². The van der Waals surface area contributed by atoms with E-state index in [-0.39, 0.29) is 23.9 Å².